The third kappa shape index (κ3) is 3.30. The van der Waals surface area contributed by atoms with E-state index in [1.807, 2.05) is 0 Å². The van der Waals surface area contributed by atoms with Gasteiger partial charge in [0.25, 0.3) is 0 Å². The molecule has 1 aliphatic carbocycles. The van der Waals surface area contributed by atoms with Crippen LogP contribution in [0.1, 0.15) is 44.9 Å². The Morgan fingerprint density at radius 2 is 2.06 bits per heavy atom. The molecule has 0 aliphatic heterocycles. The highest BCUT2D eigenvalue weighted by atomic mass is 16.4. The molecule has 4 nitrogen and oxygen atoms in total. The van der Waals surface area contributed by atoms with Gasteiger partial charge in [-0.15, -0.1) is 10.2 Å². The fraction of sp³-hybridized carbons (Fsp3) is 0.833. The second-order valence-corrected chi connectivity index (χ2v) is 4.95. The van der Waals surface area contributed by atoms with Crippen LogP contribution in [0.2, 0.25) is 0 Å². The van der Waals surface area contributed by atoms with Gasteiger partial charge in [-0.2, -0.15) is 0 Å². The molecule has 1 heterocycles. The highest BCUT2D eigenvalue weighted by Crippen LogP contribution is 2.29. The van der Waals surface area contributed by atoms with Gasteiger partial charge in [-0.3, -0.25) is 0 Å². The van der Waals surface area contributed by atoms with Crippen molar-refractivity contribution in [1.82, 2.24) is 15.5 Å². The molecule has 16 heavy (non-hydrogen) atoms. The van der Waals surface area contributed by atoms with E-state index in [2.05, 4.69) is 29.4 Å². The molecular weight excluding hydrogens is 202 g/mol. The minimum Gasteiger partial charge on any atom is -0.425 e. The second kappa shape index (κ2) is 5.43. The summed E-state index contributed by atoms with van der Waals surface area (Å²) in [7, 11) is 0. The average Bonchev–Trinajstić information content (AvgIpc) is 2.59. The molecule has 0 amide bonds. The first-order valence-electron chi connectivity index (χ1n) is 6.28. The third-order valence-electron chi connectivity index (χ3n) is 3.09. The Hall–Kier alpha value is -0.900. The maximum Gasteiger partial charge on any atom is 0.217 e. The fourth-order valence-corrected chi connectivity index (χ4v) is 1.88. The summed E-state index contributed by atoms with van der Waals surface area (Å²) in [6.45, 7) is 5.18. The first-order valence-corrected chi connectivity index (χ1v) is 6.28. The molecule has 1 aliphatic rings. The van der Waals surface area contributed by atoms with Gasteiger partial charge in [0.05, 0.1) is 0 Å². The molecule has 0 saturated heterocycles. The van der Waals surface area contributed by atoms with Crippen LogP contribution in [-0.2, 0) is 12.8 Å². The lowest BCUT2D eigenvalue weighted by Gasteiger charge is -2.23. The standard InChI is InChI=1S/C12H21N3O/c1-9(2)13-7-6-11-14-15-12(16-11)8-10-4-3-5-10/h9-10,13H,3-8H2,1-2H3. The molecule has 90 valence electrons. The molecule has 2 rings (SSSR count). The van der Waals surface area contributed by atoms with Crippen LogP contribution >= 0.6 is 0 Å². The number of nitrogens with one attached hydrogen (secondary N) is 1. The van der Waals surface area contributed by atoms with Crippen LogP contribution < -0.4 is 5.32 Å². The smallest absolute Gasteiger partial charge is 0.217 e. The quantitative estimate of drug-likeness (QED) is 0.801. The maximum absolute atomic E-state index is 5.61. The predicted molar refractivity (Wildman–Crippen MR) is 62.2 cm³/mol. The normalized spacial score (nSPS) is 16.7. The molecular formula is C12H21N3O. The molecule has 0 aromatic carbocycles. The highest BCUT2D eigenvalue weighted by molar-refractivity contribution is 4.87. The Bertz CT molecular complexity index is 318. The van der Waals surface area contributed by atoms with Gasteiger partial charge in [-0.25, -0.2) is 0 Å². The maximum atomic E-state index is 5.61. The number of nitrogens with zero attached hydrogens (tertiary/aromatic N) is 2. The first kappa shape index (κ1) is 11.6. The van der Waals surface area contributed by atoms with E-state index in [4.69, 9.17) is 4.42 Å². The molecule has 0 unspecified atom stereocenters. The van der Waals surface area contributed by atoms with Crippen LogP contribution in [0.15, 0.2) is 4.42 Å². The Morgan fingerprint density at radius 1 is 1.31 bits per heavy atom. The van der Waals surface area contributed by atoms with E-state index in [1.165, 1.54) is 19.3 Å². The zero-order valence-corrected chi connectivity index (χ0v) is 10.2. The van der Waals surface area contributed by atoms with Crippen LogP contribution in [0.3, 0.4) is 0 Å². The van der Waals surface area contributed by atoms with Crippen molar-refractivity contribution in [2.24, 2.45) is 5.92 Å². The summed E-state index contributed by atoms with van der Waals surface area (Å²) < 4.78 is 5.61. The molecule has 4 heteroatoms. The van der Waals surface area contributed by atoms with Gasteiger partial charge >= 0.3 is 0 Å². The van der Waals surface area contributed by atoms with Crippen molar-refractivity contribution in [3.05, 3.63) is 11.8 Å². The summed E-state index contributed by atoms with van der Waals surface area (Å²) in [5, 5.41) is 11.5. The molecule has 0 bridgehead atoms. The molecule has 0 spiro atoms. The van der Waals surface area contributed by atoms with Gasteiger partial charge in [0.1, 0.15) is 0 Å². The van der Waals surface area contributed by atoms with Crippen molar-refractivity contribution in [1.29, 1.82) is 0 Å². The number of hydrogen-bond donors (Lipinski definition) is 1. The van der Waals surface area contributed by atoms with Crippen molar-refractivity contribution >= 4 is 0 Å². The monoisotopic (exact) mass is 223 g/mol. The molecule has 1 saturated carbocycles. The molecule has 0 radical (unpaired) electrons. The van der Waals surface area contributed by atoms with E-state index in [1.54, 1.807) is 0 Å². The van der Waals surface area contributed by atoms with Gasteiger partial charge in [0.15, 0.2) is 0 Å². The molecule has 1 N–H and O–H groups in total. The van der Waals surface area contributed by atoms with Crippen LogP contribution in [0.5, 0.6) is 0 Å². The Labute approximate surface area is 96.8 Å². The van der Waals surface area contributed by atoms with E-state index < -0.39 is 0 Å². The lowest BCUT2D eigenvalue weighted by atomic mass is 9.83. The number of rotatable bonds is 6. The van der Waals surface area contributed by atoms with E-state index in [9.17, 15) is 0 Å². The summed E-state index contributed by atoms with van der Waals surface area (Å²) in [4.78, 5) is 0. The highest BCUT2D eigenvalue weighted by Gasteiger charge is 2.20. The lowest BCUT2D eigenvalue weighted by molar-refractivity contribution is 0.286. The van der Waals surface area contributed by atoms with Gasteiger partial charge < -0.3 is 9.73 Å². The number of hydrogen-bond acceptors (Lipinski definition) is 4. The molecule has 0 atom stereocenters. The summed E-state index contributed by atoms with van der Waals surface area (Å²) in [5.74, 6) is 2.38. The van der Waals surface area contributed by atoms with E-state index in [0.717, 1.165) is 37.1 Å². The van der Waals surface area contributed by atoms with Crippen molar-refractivity contribution in [3.8, 4) is 0 Å². The van der Waals surface area contributed by atoms with Crippen molar-refractivity contribution in [2.75, 3.05) is 6.54 Å². The van der Waals surface area contributed by atoms with Gasteiger partial charge in [-0.05, 0) is 18.8 Å². The van der Waals surface area contributed by atoms with E-state index in [0.29, 0.717) is 6.04 Å². The minimum atomic E-state index is 0.511. The van der Waals surface area contributed by atoms with Crippen molar-refractivity contribution < 1.29 is 4.42 Å². The molecule has 1 fully saturated rings. The summed E-state index contributed by atoms with van der Waals surface area (Å²) in [5.41, 5.74) is 0. The number of aromatic nitrogens is 2. The fourth-order valence-electron chi connectivity index (χ4n) is 1.88. The van der Waals surface area contributed by atoms with Crippen LogP contribution in [-0.4, -0.2) is 22.8 Å². The second-order valence-electron chi connectivity index (χ2n) is 4.95. The minimum absolute atomic E-state index is 0.511. The first-order chi connectivity index (χ1) is 7.74. The van der Waals surface area contributed by atoms with Gasteiger partial charge in [0.2, 0.25) is 11.8 Å². The Morgan fingerprint density at radius 3 is 2.69 bits per heavy atom. The zero-order valence-electron chi connectivity index (χ0n) is 10.2. The molecule has 1 aromatic heterocycles. The van der Waals surface area contributed by atoms with E-state index in [-0.39, 0.29) is 0 Å². The lowest BCUT2D eigenvalue weighted by Crippen LogP contribution is -2.25. The SMILES string of the molecule is CC(C)NCCc1nnc(CC2CCC2)o1. The van der Waals surface area contributed by atoms with E-state index >= 15 is 0 Å². The molecule has 1 aromatic rings. The Kier molecular flexibility index (Phi) is 3.93. The summed E-state index contributed by atoms with van der Waals surface area (Å²) >= 11 is 0. The van der Waals surface area contributed by atoms with Gasteiger partial charge in [-0.1, -0.05) is 20.3 Å². The summed E-state index contributed by atoms with van der Waals surface area (Å²) in [6, 6.07) is 0.511. The van der Waals surface area contributed by atoms with Crippen LogP contribution in [0, 0.1) is 5.92 Å². The largest absolute Gasteiger partial charge is 0.425 e. The van der Waals surface area contributed by atoms with Gasteiger partial charge in [0, 0.05) is 25.4 Å². The predicted octanol–water partition coefficient (Wildman–Crippen LogP) is 1.95. The average molecular weight is 223 g/mol. The Balaban J connectivity index is 1.73. The van der Waals surface area contributed by atoms with Crippen molar-refractivity contribution in [2.45, 2.75) is 52.0 Å². The van der Waals surface area contributed by atoms with Crippen LogP contribution in [0.25, 0.3) is 0 Å². The topological polar surface area (TPSA) is 51.0 Å². The zero-order chi connectivity index (χ0) is 11.4. The van der Waals surface area contributed by atoms with Crippen LogP contribution in [0.4, 0.5) is 0 Å². The third-order valence-corrected chi connectivity index (χ3v) is 3.09. The van der Waals surface area contributed by atoms with Crippen molar-refractivity contribution in [3.63, 3.8) is 0 Å². The summed E-state index contributed by atoms with van der Waals surface area (Å²) in [6.07, 6.45) is 5.82.